The third kappa shape index (κ3) is 3.26. The Morgan fingerprint density at radius 2 is 2.40 bits per heavy atom. The molecular weight excluding hydrogens is 280 g/mol. The van der Waals surface area contributed by atoms with Gasteiger partial charge in [0.25, 0.3) is 0 Å². The summed E-state index contributed by atoms with van der Waals surface area (Å²) in [7, 11) is -2.96. The van der Waals surface area contributed by atoms with Crippen LogP contribution in [0.5, 0.6) is 0 Å². The second kappa shape index (κ2) is 5.37. The minimum atomic E-state index is -2.96. The Morgan fingerprint density at radius 1 is 1.65 bits per heavy atom. The highest BCUT2D eigenvalue weighted by atomic mass is 32.2. The van der Waals surface area contributed by atoms with Crippen LogP contribution in [0.3, 0.4) is 0 Å². The van der Waals surface area contributed by atoms with E-state index in [4.69, 9.17) is 10.9 Å². The zero-order chi connectivity index (χ0) is 14.8. The van der Waals surface area contributed by atoms with E-state index in [2.05, 4.69) is 15.5 Å². The first kappa shape index (κ1) is 14.7. The molecule has 1 aromatic heterocycles. The largest absolute Gasteiger partial charge is 0.409 e. The van der Waals surface area contributed by atoms with Crippen molar-refractivity contribution in [1.29, 1.82) is 0 Å². The van der Waals surface area contributed by atoms with Gasteiger partial charge in [-0.15, -0.1) is 0 Å². The lowest BCUT2D eigenvalue weighted by Gasteiger charge is -2.24. The minimum Gasteiger partial charge on any atom is -0.409 e. The molecule has 0 amide bonds. The van der Waals surface area contributed by atoms with E-state index in [1.54, 1.807) is 18.3 Å². The molecule has 0 aliphatic carbocycles. The zero-order valence-corrected chi connectivity index (χ0v) is 12.0. The van der Waals surface area contributed by atoms with Crippen molar-refractivity contribution in [1.82, 2.24) is 10.3 Å². The number of rotatable bonds is 4. The summed E-state index contributed by atoms with van der Waals surface area (Å²) < 4.78 is 23.1. The molecule has 1 aliphatic heterocycles. The summed E-state index contributed by atoms with van der Waals surface area (Å²) >= 11 is 0. The molecule has 7 nitrogen and oxygen atoms in total. The average Bonchev–Trinajstić information content (AvgIpc) is 2.70. The Hall–Kier alpha value is -1.67. The van der Waals surface area contributed by atoms with Crippen molar-refractivity contribution in [2.45, 2.75) is 25.4 Å². The molecule has 8 heteroatoms. The molecular formula is C12H18N4O3S. The number of nitrogens with one attached hydrogen (secondary N) is 1. The van der Waals surface area contributed by atoms with Crippen molar-refractivity contribution in [2.75, 3.05) is 11.5 Å². The molecule has 0 bridgehead atoms. The highest BCUT2D eigenvalue weighted by molar-refractivity contribution is 7.91. The molecule has 4 N–H and O–H groups in total. The van der Waals surface area contributed by atoms with Crippen LogP contribution in [0.1, 0.15) is 24.6 Å². The van der Waals surface area contributed by atoms with Gasteiger partial charge in [0.2, 0.25) is 0 Å². The van der Waals surface area contributed by atoms with E-state index >= 15 is 0 Å². The van der Waals surface area contributed by atoms with Crippen LogP contribution >= 0.6 is 0 Å². The van der Waals surface area contributed by atoms with Crippen molar-refractivity contribution in [3.05, 3.63) is 29.6 Å². The van der Waals surface area contributed by atoms with Gasteiger partial charge in [0.1, 0.15) is 5.69 Å². The summed E-state index contributed by atoms with van der Waals surface area (Å²) in [4.78, 5) is 4.07. The Labute approximate surface area is 117 Å². The Balaban J connectivity index is 2.13. The number of nitrogens with two attached hydrogens (primary N) is 1. The number of aromatic nitrogens is 1. The van der Waals surface area contributed by atoms with E-state index in [0.717, 1.165) is 5.56 Å². The van der Waals surface area contributed by atoms with Gasteiger partial charge in [-0.05, 0) is 25.0 Å². The monoisotopic (exact) mass is 298 g/mol. The Morgan fingerprint density at radius 3 is 3.00 bits per heavy atom. The first-order valence-electron chi connectivity index (χ1n) is 6.22. The second-order valence-corrected chi connectivity index (χ2v) is 7.44. The van der Waals surface area contributed by atoms with Gasteiger partial charge in [-0.25, -0.2) is 8.42 Å². The van der Waals surface area contributed by atoms with Crippen molar-refractivity contribution in [3.8, 4) is 0 Å². The third-order valence-corrected chi connectivity index (χ3v) is 5.35. The maximum atomic E-state index is 11.6. The topological polar surface area (TPSA) is 118 Å². The maximum absolute atomic E-state index is 11.6. The lowest BCUT2D eigenvalue weighted by atomic mass is 10.0. The van der Waals surface area contributed by atoms with Crippen LogP contribution < -0.4 is 11.1 Å². The molecule has 1 aromatic rings. The minimum absolute atomic E-state index is 0.0633. The second-order valence-electron chi connectivity index (χ2n) is 5.25. The lowest BCUT2D eigenvalue weighted by molar-refractivity contribution is 0.318. The van der Waals surface area contributed by atoms with Crippen LogP contribution in [0, 0.1) is 0 Å². The molecule has 20 heavy (non-hydrogen) atoms. The van der Waals surface area contributed by atoms with E-state index < -0.39 is 15.4 Å². The van der Waals surface area contributed by atoms with Crippen molar-refractivity contribution < 1.29 is 13.6 Å². The SMILES string of the molecule is CC1(NCc2cccnc2C(N)=NO)CCS(=O)(=O)C1. The first-order valence-corrected chi connectivity index (χ1v) is 8.05. The third-order valence-electron chi connectivity index (χ3n) is 3.45. The van der Waals surface area contributed by atoms with E-state index in [9.17, 15) is 8.42 Å². The van der Waals surface area contributed by atoms with E-state index in [0.29, 0.717) is 18.7 Å². The summed E-state index contributed by atoms with van der Waals surface area (Å²) in [6.07, 6.45) is 2.13. The summed E-state index contributed by atoms with van der Waals surface area (Å²) in [5, 5.41) is 14.9. The highest BCUT2D eigenvalue weighted by Crippen LogP contribution is 2.23. The maximum Gasteiger partial charge on any atom is 0.189 e. The van der Waals surface area contributed by atoms with Crippen LogP contribution in [0.2, 0.25) is 0 Å². The molecule has 1 fully saturated rings. The van der Waals surface area contributed by atoms with Gasteiger partial charge >= 0.3 is 0 Å². The average molecular weight is 298 g/mol. The van der Waals surface area contributed by atoms with Crippen molar-refractivity contribution in [3.63, 3.8) is 0 Å². The Kier molecular flexibility index (Phi) is 3.96. The highest BCUT2D eigenvalue weighted by Gasteiger charge is 2.37. The summed E-state index contributed by atoms with van der Waals surface area (Å²) in [6, 6.07) is 3.55. The van der Waals surface area contributed by atoms with Gasteiger partial charge in [-0.1, -0.05) is 11.2 Å². The molecule has 0 aromatic carbocycles. The molecule has 0 saturated carbocycles. The zero-order valence-electron chi connectivity index (χ0n) is 11.2. The van der Waals surface area contributed by atoms with E-state index in [1.165, 1.54) is 0 Å². The van der Waals surface area contributed by atoms with Gasteiger partial charge in [0.05, 0.1) is 11.5 Å². The fourth-order valence-electron chi connectivity index (χ4n) is 2.32. The lowest BCUT2D eigenvalue weighted by Crippen LogP contribution is -2.43. The number of nitrogens with zero attached hydrogens (tertiary/aromatic N) is 2. The first-order chi connectivity index (χ1) is 9.35. The Bertz CT molecular complexity index is 629. The van der Waals surface area contributed by atoms with Crippen LogP contribution in [-0.2, 0) is 16.4 Å². The molecule has 1 saturated heterocycles. The van der Waals surface area contributed by atoms with Crippen molar-refractivity contribution in [2.24, 2.45) is 10.9 Å². The van der Waals surface area contributed by atoms with Crippen LogP contribution in [-0.4, -0.2) is 41.5 Å². The summed E-state index contributed by atoms with van der Waals surface area (Å²) in [6.45, 7) is 2.29. The number of pyridine rings is 1. The number of sulfone groups is 1. The predicted octanol–water partition coefficient (Wildman–Crippen LogP) is -0.157. The van der Waals surface area contributed by atoms with Gasteiger partial charge < -0.3 is 16.3 Å². The fourth-order valence-corrected chi connectivity index (χ4v) is 4.44. The van der Waals surface area contributed by atoms with Crippen LogP contribution in [0.4, 0.5) is 0 Å². The molecule has 0 spiro atoms. The molecule has 1 aliphatic rings. The van der Waals surface area contributed by atoms with Gasteiger partial charge in [0.15, 0.2) is 15.7 Å². The van der Waals surface area contributed by atoms with Gasteiger partial charge in [0, 0.05) is 18.3 Å². The standard InChI is InChI=1S/C12H18N4O3S/c1-12(4-6-20(18,19)8-12)15-7-9-3-2-5-14-10(9)11(13)16-17/h2-3,5,15,17H,4,6-8H2,1H3,(H2,13,16). The molecule has 1 unspecified atom stereocenters. The number of hydrogen-bond donors (Lipinski definition) is 3. The van der Waals surface area contributed by atoms with Gasteiger partial charge in [-0.3, -0.25) is 4.98 Å². The van der Waals surface area contributed by atoms with Crippen LogP contribution in [0.25, 0.3) is 0 Å². The smallest absolute Gasteiger partial charge is 0.189 e. The molecule has 2 rings (SSSR count). The van der Waals surface area contributed by atoms with Crippen LogP contribution in [0.15, 0.2) is 23.5 Å². The number of hydrogen-bond acceptors (Lipinski definition) is 6. The fraction of sp³-hybridized carbons (Fsp3) is 0.500. The van der Waals surface area contributed by atoms with E-state index in [1.807, 2.05) is 6.92 Å². The summed E-state index contributed by atoms with van der Waals surface area (Å²) in [5.41, 5.74) is 6.27. The normalized spacial score (nSPS) is 25.8. The van der Waals surface area contributed by atoms with E-state index in [-0.39, 0.29) is 17.3 Å². The van der Waals surface area contributed by atoms with Crippen molar-refractivity contribution >= 4 is 15.7 Å². The quantitative estimate of drug-likeness (QED) is 0.308. The number of amidine groups is 1. The molecule has 2 heterocycles. The molecule has 0 radical (unpaired) electrons. The van der Waals surface area contributed by atoms with Gasteiger partial charge in [-0.2, -0.15) is 0 Å². The molecule has 110 valence electrons. The molecule has 1 atom stereocenters. The predicted molar refractivity (Wildman–Crippen MR) is 75.3 cm³/mol. The number of oxime groups is 1. The summed E-state index contributed by atoms with van der Waals surface area (Å²) in [5.74, 6) is 0.266.